The van der Waals surface area contributed by atoms with Crippen molar-refractivity contribution in [3.05, 3.63) is 22.2 Å². The highest BCUT2D eigenvalue weighted by molar-refractivity contribution is 9.10. The van der Waals surface area contributed by atoms with Crippen LogP contribution in [0.2, 0.25) is 0 Å². The lowest BCUT2D eigenvalue weighted by Crippen LogP contribution is -2.34. The zero-order valence-electron chi connectivity index (χ0n) is 10.0. The maximum atomic E-state index is 11.5. The lowest BCUT2D eigenvalue weighted by atomic mass is 10.1. The van der Waals surface area contributed by atoms with Crippen LogP contribution in [0.3, 0.4) is 0 Å². The van der Waals surface area contributed by atoms with E-state index in [1.807, 2.05) is 6.07 Å². The summed E-state index contributed by atoms with van der Waals surface area (Å²) in [4.78, 5) is 11.5. The molecule has 17 heavy (non-hydrogen) atoms. The number of ether oxygens (including phenoxy) is 1. The number of amides is 1. The molecule has 1 atom stereocenters. The third kappa shape index (κ3) is 2.63. The van der Waals surface area contributed by atoms with Gasteiger partial charge < -0.3 is 10.1 Å². The molecule has 1 aromatic carbocycles. The number of hydrogen-bond donors (Lipinski definition) is 1. The van der Waals surface area contributed by atoms with Gasteiger partial charge >= 0.3 is 0 Å². The lowest BCUT2D eigenvalue weighted by molar-refractivity contribution is -0.122. The van der Waals surface area contributed by atoms with Crippen molar-refractivity contribution in [2.45, 2.75) is 39.2 Å². The molecule has 1 aliphatic rings. The predicted molar refractivity (Wildman–Crippen MR) is 71.5 cm³/mol. The minimum Gasteiger partial charge on any atom is -0.478 e. The molecule has 0 fully saturated rings. The molecular formula is C13H16BrNO2. The van der Waals surface area contributed by atoms with Gasteiger partial charge in [-0.1, -0.05) is 13.3 Å². The number of halogens is 1. The van der Waals surface area contributed by atoms with E-state index in [0.29, 0.717) is 0 Å². The van der Waals surface area contributed by atoms with E-state index in [9.17, 15) is 4.79 Å². The standard InChI is InChI=1S/C13H16BrNO2/c1-3-4-5-9-6-10(14)12-11(7-9)15-13(16)8(2)17-12/h6-8H,3-5H2,1-2H3,(H,15,16). The average molecular weight is 298 g/mol. The van der Waals surface area contributed by atoms with E-state index in [2.05, 4.69) is 34.2 Å². The quantitative estimate of drug-likeness (QED) is 0.927. The van der Waals surface area contributed by atoms with E-state index in [0.717, 1.165) is 35.2 Å². The Morgan fingerprint density at radius 2 is 2.24 bits per heavy atom. The van der Waals surface area contributed by atoms with Crippen molar-refractivity contribution >= 4 is 27.5 Å². The Hall–Kier alpha value is -1.03. The molecule has 0 saturated heterocycles. The van der Waals surface area contributed by atoms with Gasteiger partial charge in [0.1, 0.15) is 0 Å². The summed E-state index contributed by atoms with van der Waals surface area (Å²) in [5.74, 6) is 0.648. The van der Waals surface area contributed by atoms with Gasteiger partial charge in [0.15, 0.2) is 11.9 Å². The predicted octanol–water partition coefficient (Wildman–Crippen LogP) is 3.51. The van der Waals surface area contributed by atoms with Gasteiger partial charge in [0.2, 0.25) is 0 Å². The first-order chi connectivity index (χ1) is 8.11. The maximum absolute atomic E-state index is 11.5. The van der Waals surface area contributed by atoms with Gasteiger partial charge in [-0.05, 0) is 53.4 Å². The van der Waals surface area contributed by atoms with Crippen molar-refractivity contribution < 1.29 is 9.53 Å². The van der Waals surface area contributed by atoms with Crippen molar-refractivity contribution in [2.75, 3.05) is 5.32 Å². The van der Waals surface area contributed by atoms with Crippen molar-refractivity contribution in [1.82, 2.24) is 0 Å². The molecular weight excluding hydrogens is 282 g/mol. The van der Waals surface area contributed by atoms with Crippen LogP contribution in [0.1, 0.15) is 32.3 Å². The van der Waals surface area contributed by atoms with Crippen LogP contribution in [0.4, 0.5) is 5.69 Å². The second-order valence-corrected chi connectivity index (χ2v) is 5.16. The van der Waals surface area contributed by atoms with Crippen LogP contribution in [0.15, 0.2) is 16.6 Å². The van der Waals surface area contributed by atoms with E-state index < -0.39 is 6.10 Å². The molecule has 92 valence electrons. The van der Waals surface area contributed by atoms with Crippen LogP contribution >= 0.6 is 15.9 Å². The Balaban J connectivity index is 2.30. The van der Waals surface area contributed by atoms with Gasteiger partial charge in [-0.25, -0.2) is 0 Å². The number of rotatable bonds is 3. The average Bonchev–Trinajstić information content (AvgIpc) is 2.29. The minimum absolute atomic E-state index is 0.0861. The molecule has 4 heteroatoms. The second kappa shape index (κ2) is 5.08. The molecule has 0 aromatic heterocycles. The highest BCUT2D eigenvalue weighted by atomic mass is 79.9. The first-order valence-electron chi connectivity index (χ1n) is 5.91. The van der Waals surface area contributed by atoms with Gasteiger partial charge in [-0.2, -0.15) is 0 Å². The highest BCUT2D eigenvalue weighted by Gasteiger charge is 2.25. The monoisotopic (exact) mass is 297 g/mol. The summed E-state index contributed by atoms with van der Waals surface area (Å²) in [6.45, 7) is 3.91. The molecule has 0 radical (unpaired) electrons. The van der Waals surface area contributed by atoms with Crippen molar-refractivity contribution in [3.8, 4) is 5.75 Å². The largest absolute Gasteiger partial charge is 0.478 e. The summed E-state index contributed by atoms with van der Waals surface area (Å²) < 4.78 is 6.49. The Bertz CT molecular complexity index is 445. The number of nitrogens with one attached hydrogen (secondary N) is 1. The van der Waals surface area contributed by atoms with Crippen molar-refractivity contribution in [2.24, 2.45) is 0 Å². The smallest absolute Gasteiger partial charge is 0.265 e. The molecule has 1 heterocycles. The molecule has 1 N–H and O–H groups in total. The summed E-state index contributed by atoms with van der Waals surface area (Å²) >= 11 is 3.50. The maximum Gasteiger partial charge on any atom is 0.265 e. The fraction of sp³-hybridized carbons (Fsp3) is 0.462. The molecule has 3 nitrogen and oxygen atoms in total. The third-order valence-electron chi connectivity index (χ3n) is 2.84. The zero-order chi connectivity index (χ0) is 12.4. The Morgan fingerprint density at radius 3 is 2.94 bits per heavy atom. The van der Waals surface area contributed by atoms with E-state index in [4.69, 9.17) is 4.74 Å². The first-order valence-corrected chi connectivity index (χ1v) is 6.71. The van der Waals surface area contributed by atoms with E-state index in [1.165, 1.54) is 5.56 Å². The van der Waals surface area contributed by atoms with Crippen molar-refractivity contribution in [3.63, 3.8) is 0 Å². The molecule has 0 aliphatic carbocycles. The number of fused-ring (bicyclic) bond motifs is 1. The van der Waals surface area contributed by atoms with E-state index in [-0.39, 0.29) is 5.91 Å². The minimum atomic E-state index is -0.430. The number of unbranched alkanes of at least 4 members (excludes halogenated alkanes) is 1. The number of hydrogen-bond acceptors (Lipinski definition) is 2. The normalized spacial score (nSPS) is 18.3. The van der Waals surface area contributed by atoms with E-state index >= 15 is 0 Å². The Labute approximate surface area is 110 Å². The zero-order valence-corrected chi connectivity index (χ0v) is 11.6. The summed E-state index contributed by atoms with van der Waals surface area (Å²) in [7, 11) is 0. The van der Waals surface area contributed by atoms with Crippen LogP contribution < -0.4 is 10.1 Å². The van der Waals surface area contributed by atoms with Gasteiger partial charge in [0, 0.05) is 0 Å². The van der Waals surface area contributed by atoms with Gasteiger partial charge in [-0.15, -0.1) is 0 Å². The number of carbonyl (C=O) groups excluding carboxylic acids is 1. The molecule has 1 amide bonds. The Kier molecular flexibility index (Phi) is 3.72. The third-order valence-corrected chi connectivity index (χ3v) is 3.43. The summed E-state index contributed by atoms with van der Waals surface area (Å²) in [5.41, 5.74) is 1.99. The number of benzene rings is 1. The topological polar surface area (TPSA) is 38.3 Å². The molecule has 0 spiro atoms. The second-order valence-electron chi connectivity index (χ2n) is 4.31. The first kappa shape index (κ1) is 12.4. The lowest BCUT2D eigenvalue weighted by Gasteiger charge is -2.25. The van der Waals surface area contributed by atoms with Crippen LogP contribution in [0.25, 0.3) is 0 Å². The number of aryl methyl sites for hydroxylation is 1. The molecule has 1 aromatic rings. The van der Waals surface area contributed by atoms with Gasteiger partial charge in [-0.3, -0.25) is 4.79 Å². The van der Waals surface area contributed by atoms with Crippen LogP contribution in [-0.2, 0) is 11.2 Å². The Morgan fingerprint density at radius 1 is 1.47 bits per heavy atom. The SMILES string of the molecule is CCCCc1cc(Br)c2c(c1)NC(=O)C(C)O2. The van der Waals surface area contributed by atoms with Gasteiger partial charge in [0.25, 0.3) is 5.91 Å². The summed E-state index contributed by atoms with van der Waals surface area (Å²) in [6.07, 6.45) is 2.90. The molecule has 0 saturated carbocycles. The highest BCUT2D eigenvalue weighted by Crippen LogP contribution is 2.38. The molecule has 2 rings (SSSR count). The summed E-state index contributed by atoms with van der Waals surface area (Å²) in [5, 5.41) is 2.87. The fourth-order valence-electron chi connectivity index (χ4n) is 1.85. The molecule has 1 unspecified atom stereocenters. The number of anilines is 1. The van der Waals surface area contributed by atoms with Crippen LogP contribution in [0, 0.1) is 0 Å². The van der Waals surface area contributed by atoms with E-state index in [1.54, 1.807) is 6.92 Å². The van der Waals surface area contributed by atoms with Crippen molar-refractivity contribution in [1.29, 1.82) is 0 Å². The van der Waals surface area contributed by atoms with Crippen LogP contribution in [-0.4, -0.2) is 12.0 Å². The fourth-order valence-corrected chi connectivity index (χ4v) is 2.45. The van der Waals surface area contributed by atoms with Gasteiger partial charge in [0.05, 0.1) is 10.2 Å². The number of carbonyl (C=O) groups is 1. The van der Waals surface area contributed by atoms with Crippen LogP contribution in [0.5, 0.6) is 5.75 Å². The molecule has 0 bridgehead atoms. The summed E-state index contributed by atoms with van der Waals surface area (Å²) in [6, 6.07) is 4.07. The molecule has 1 aliphatic heterocycles.